The first-order valence-electron chi connectivity index (χ1n) is 4.86. The first-order valence-corrected chi connectivity index (χ1v) is 4.86. The quantitative estimate of drug-likeness (QED) is 0.806. The van der Waals surface area contributed by atoms with Crippen LogP contribution in [0.2, 0.25) is 0 Å². The Morgan fingerprint density at radius 2 is 1.82 bits per heavy atom. The summed E-state index contributed by atoms with van der Waals surface area (Å²) in [7, 11) is 0. The minimum atomic E-state index is -1.59. The summed E-state index contributed by atoms with van der Waals surface area (Å²) in [6.45, 7) is 0. The first-order chi connectivity index (χ1) is 7.98. The number of hydrogen-bond acceptors (Lipinski definition) is 2. The molecule has 1 N–H and O–H groups in total. The fourth-order valence-electron chi connectivity index (χ4n) is 1.39. The molecule has 0 saturated heterocycles. The Labute approximate surface area is 94.9 Å². The van der Waals surface area contributed by atoms with E-state index in [1.807, 2.05) is 6.07 Å². The highest BCUT2D eigenvalue weighted by atomic mass is 19.2. The van der Waals surface area contributed by atoms with Crippen molar-refractivity contribution in [3.63, 3.8) is 0 Å². The lowest BCUT2D eigenvalue weighted by Gasteiger charge is -2.08. The van der Waals surface area contributed by atoms with Crippen molar-refractivity contribution in [1.29, 1.82) is 5.26 Å². The molecule has 1 aromatic rings. The molecule has 0 bridgehead atoms. The van der Waals surface area contributed by atoms with E-state index in [0.717, 1.165) is 0 Å². The van der Waals surface area contributed by atoms with E-state index < -0.39 is 28.8 Å². The van der Waals surface area contributed by atoms with Crippen LogP contribution in [0.15, 0.2) is 12.1 Å². The van der Waals surface area contributed by atoms with Gasteiger partial charge in [0.05, 0.1) is 6.07 Å². The third-order valence-corrected chi connectivity index (χ3v) is 2.64. The van der Waals surface area contributed by atoms with E-state index >= 15 is 0 Å². The van der Waals surface area contributed by atoms with E-state index in [1.54, 1.807) is 0 Å². The predicted octanol–water partition coefficient (Wildman–Crippen LogP) is 2.35. The second kappa shape index (κ2) is 3.77. The lowest BCUT2D eigenvalue weighted by atomic mass is 10.1. The molecule has 17 heavy (non-hydrogen) atoms. The molecule has 0 aliphatic heterocycles. The van der Waals surface area contributed by atoms with Gasteiger partial charge < -0.3 is 5.32 Å². The van der Waals surface area contributed by atoms with Gasteiger partial charge in [0.25, 0.3) is 0 Å². The number of nitrogens with zero attached hydrogens (tertiary/aromatic N) is 1. The Hall–Kier alpha value is -2.03. The van der Waals surface area contributed by atoms with E-state index in [9.17, 15) is 18.0 Å². The Morgan fingerprint density at radius 3 is 2.24 bits per heavy atom. The molecule has 0 aromatic heterocycles. The monoisotopic (exact) mass is 240 g/mol. The van der Waals surface area contributed by atoms with Gasteiger partial charge >= 0.3 is 0 Å². The Kier molecular flexibility index (Phi) is 2.54. The molecule has 1 saturated carbocycles. The van der Waals surface area contributed by atoms with Crippen molar-refractivity contribution in [2.75, 3.05) is 5.32 Å². The number of amides is 1. The van der Waals surface area contributed by atoms with Crippen LogP contribution in [0.25, 0.3) is 0 Å². The summed E-state index contributed by atoms with van der Waals surface area (Å²) in [5, 5.41) is 10.9. The van der Waals surface area contributed by atoms with Crippen molar-refractivity contribution in [3.8, 4) is 6.07 Å². The Bertz CT molecular complexity index is 509. The van der Waals surface area contributed by atoms with Gasteiger partial charge in [0.2, 0.25) is 5.91 Å². The van der Waals surface area contributed by atoms with Crippen LogP contribution in [0.5, 0.6) is 0 Å². The van der Waals surface area contributed by atoms with Crippen LogP contribution in [0, 0.1) is 34.2 Å². The highest BCUT2D eigenvalue weighted by Gasteiger charge is 2.50. The first kappa shape index (κ1) is 11.5. The standard InChI is InChI=1S/C11H7F3N2O/c12-7-3-6(4-8(13)9(7)14)16-10(17)11(5-15)1-2-11/h3-4H,1-2H2,(H,16,17). The highest BCUT2D eigenvalue weighted by Crippen LogP contribution is 2.45. The summed E-state index contributed by atoms with van der Waals surface area (Å²) < 4.78 is 38.4. The summed E-state index contributed by atoms with van der Waals surface area (Å²) in [6, 6.07) is 3.18. The molecule has 6 heteroatoms. The Morgan fingerprint density at radius 1 is 1.29 bits per heavy atom. The van der Waals surface area contributed by atoms with Crippen LogP contribution < -0.4 is 5.32 Å². The molecule has 1 aliphatic rings. The second-order valence-electron chi connectivity index (χ2n) is 3.90. The topological polar surface area (TPSA) is 52.9 Å². The van der Waals surface area contributed by atoms with Gasteiger partial charge in [-0.1, -0.05) is 0 Å². The lowest BCUT2D eigenvalue weighted by Crippen LogP contribution is -2.22. The van der Waals surface area contributed by atoms with Gasteiger partial charge in [0, 0.05) is 17.8 Å². The summed E-state index contributed by atoms with van der Waals surface area (Å²) in [5.74, 6) is -4.99. The van der Waals surface area contributed by atoms with Crippen molar-refractivity contribution in [3.05, 3.63) is 29.6 Å². The van der Waals surface area contributed by atoms with Crippen LogP contribution in [0.4, 0.5) is 18.9 Å². The average molecular weight is 240 g/mol. The van der Waals surface area contributed by atoms with Crippen LogP contribution in [0.3, 0.4) is 0 Å². The largest absolute Gasteiger partial charge is 0.324 e. The van der Waals surface area contributed by atoms with Gasteiger partial charge in [-0.15, -0.1) is 0 Å². The normalized spacial score (nSPS) is 16.1. The van der Waals surface area contributed by atoms with Crippen molar-refractivity contribution < 1.29 is 18.0 Å². The number of rotatable bonds is 2. The molecule has 1 aromatic carbocycles. The van der Waals surface area contributed by atoms with Gasteiger partial charge in [0.1, 0.15) is 5.41 Å². The van der Waals surface area contributed by atoms with Crippen molar-refractivity contribution >= 4 is 11.6 Å². The van der Waals surface area contributed by atoms with E-state index in [4.69, 9.17) is 5.26 Å². The average Bonchev–Trinajstić information content (AvgIpc) is 3.06. The number of halogens is 3. The maximum absolute atomic E-state index is 12.9. The summed E-state index contributed by atoms with van der Waals surface area (Å²) in [5.41, 5.74) is -1.30. The number of nitrogens with one attached hydrogen (secondary N) is 1. The van der Waals surface area contributed by atoms with Gasteiger partial charge in [-0.05, 0) is 12.8 Å². The van der Waals surface area contributed by atoms with Crippen LogP contribution in [0.1, 0.15) is 12.8 Å². The SMILES string of the molecule is N#CC1(C(=O)Nc2cc(F)c(F)c(F)c2)CC1. The summed E-state index contributed by atoms with van der Waals surface area (Å²) in [6.07, 6.45) is 0.836. The minimum Gasteiger partial charge on any atom is -0.324 e. The molecule has 1 aliphatic carbocycles. The number of benzene rings is 1. The van der Waals surface area contributed by atoms with Crippen molar-refractivity contribution in [1.82, 2.24) is 0 Å². The van der Waals surface area contributed by atoms with Crippen molar-refractivity contribution in [2.45, 2.75) is 12.8 Å². The molecule has 0 atom stereocenters. The molecule has 3 nitrogen and oxygen atoms in total. The molecule has 0 heterocycles. The van der Waals surface area contributed by atoms with Crippen molar-refractivity contribution in [2.24, 2.45) is 5.41 Å². The predicted molar refractivity (Wildman–Crippen MR) is 52.2 cm³/mol. The molecule has 0 unspecified atom stereocenters. The number of anilines is 1. The Balaban J connectivity index is 2.21. The van der Waals surface area contributed by atoms with Gasteiger partial charge in [-0.25, -0.2) is 13.2 Å². The maximum atomic E-state index is 12.9. The van der Waals surface area contributed by atoms with Crippen LogP contribution in [-0.4, -0.2) is 5.91 Å². The fraction of sp³-hybridized carbons (Fsp3) is 0.273. The molecule has 2 rings (SSSR count). The van der Waals surface area contributed by atoms with Gasteiger partial charge in [-0.3, -0.25) is 4.79 Å². The maximum Gasteiger partial charge on any atom is 0.244 e. The third kappa shape index (κ3) is 1.96. The minimum absolute atomic E-state index is 0.201. The fourth-order valence-corrected chi connectivity index (χ4v) is 1.39. The van der Waals surface area contributed by atoms with Crippen LogP contribution >= 0.6 is 0 Å². The zero-order valence-electron chi connectivity index (χ0n) is 8.56. The van der Waals surface area contributed by atoms with Gasteiger partial charge in [-0.2, -0.15) is 5.26 Å². The summed E-state index contributed by atoms with van der Waals surface area (Å²) >= 11 is 0. The van der Waals surface area contributed by atoms with E-state index in [2.05, 4.69) is 5.32 Å². The number of carbonyl (C=O) groups excluding carboxylic acids is 1. The van der Waals surface area contributed by atoms with E-state index in [0.29, 0.717) is 25.0 Å². The number of carbonyl (C=O) groups is 1. The third-order valence-electron chi connectivity index (χ3n) is 2.64. The number of nitriles is 1. The zero-order chi connectivity index (χ0) is 12.6. The molecule has 1 fully saturated rings. The highest BCUT2D eigenvalue weighted by molar-refractivity contribution is 5.99. The summed E-state index contributed by atoms with van der Waals surface area (Å²) in [4.78, 5) is 11.6. The molecule has 0 spiro atoms. The second-order valence-corrected chi connectivity index (χ2v) is 3.90. The van der Waals surface area contributed by atoms with Gasteiger partial charge in [0.15, 0.2) is 17.5 Å². The van der Waals surface area contributed by atoms with E-state index in [1.165, 1.54) is 0 Å². The smallest absolute Gasteiger partial charge is 0.244 e. The zero-order valence-corrected chi connectivity index (χ0v) is 8.56. The van der Waals surface area contributed by atoms with Crippen LogP contribution in [-0.2, 0) is 4.79 Å². The molecular weight excluding hydrogens is 233 g/mol. The molecule has 1 amide bonds. The molecule has 0 radical (unpaired) electrons. The molecular formula is C11H7F3N2O. The van der Waals surface area contributed by atoms with E-state index in [-0.39, 0.29) is 5.69 Å². The lowest BCUT2D eigenvalue weighted by molar-refractivity contribution is -0.119. The number of hydrogen-bond donors (Lipinski definition) is 1. The molecule has 88 valence electrons.